The van der Waals surface area contributed by atoms with Crippen LogP contribution in [0.2, 0.25) is 0 Å². The summed E-state index contributed by atoms with van der Waals surface area (Å²) in [5.74, 6) is 0. The summed E-state index contributed by atoms with van der Waals surface area (Å²) >= 11 is 0. The van der Waals surface area contributed by atoms with Crippen molar-refractivity contribution >= 4 is 0 Å². The van der Waals surface area contributed by atoms with Gasteiger partial charge in [-0.25, -0.2) is 0 Å². The van der Waals surface area contributed by atoms with Crippen molar-refractivity contribution in [3.63, 3.8) is 0 Å². The van der Waals surface area contributed by atoms with E-state index in [-0.39, 0.29) is 0 Å². The number of nitrogens with one attached hydrogen (secondary N) is 1. The molecule has 1 heteroatoms. The Morgan fingerprint density at radius 3 is 2.11 bits per heavy atom. The van der Waals surface area contributed by atoms with Crippen LogP contribution in [0.5, 0.6) is 0 Å². The summed E-state index contributed by atoms with van der Waals surface area (Å²) in [6, 6.07) is 0. The predicted octanol–water partition coefficient (Wildman–Crippen LogP) is 5.38. The molecule has 0 fully saturated rings. The predicted molar refractivity (Wildman–Crippen MR) is 86.6 cm³/mol. The smallest absolute Gasteiger partial charge is 0.0170 e. The van der Waals surface area contributed by atoms with Crippen LogP contribution in [0.15, 0.2) is 23.8 Å². The maximum atomic E-state index is 3.54. The van der Waals surface area contributed by atoms with Gasteiger partial charge in [0.25, 0.3) is 0 Å². The molecule has 0 bridgehead atoms. The highest BCUT2D eigenvalue weighted by Crippen LogP contribution is 2.11. The van der Waals surface area contributed by atoms with Crippen molar-refractivity contribution in [1.29, 1.82) is 0 Å². The minimum Gasteiger partial charge on any atom is -0.313 e. The molecule has 0 saturated heterocycles. The molecular formula is C18H33N. The average Bonchev–Trinajstić information content (AvgIpc) is 2.93. The number of rotatable bonds is 13. The van der Waals surface area contributed by atoms with Gasteiger partial charge in [-0.05, 0) is 19.4 Å². The van der Waals surface area contributed by atoms with Gasteiger partial charge < -0.3 is 5.32 Å². The van der Waals surface area contributed by atoms with E-state index in [9.17, 15) is 0 Å². The number of unbranched alkanes of at least 4 members (excludes halogenated alkanes) is 9. The minimum atomic E-state index is 1.09. The van der Waals surface area contributed by atoms with Crippen molar-refractivity contribution < 1.29 is 0 Å². The van der Waals surface area contributed by atoms with E-state index in [1.807, 2.05) is 0 Å². The number of hydrogen-bond donors (Lipinski definition) is 1. The van der Waals surface area contributed by atoms with E-state index in [1.165, 1.54) is 76.3 Å². The van der Waals surface area contributed by atoms with E-state index in [2.05, 4.69) is 30.5 Å². The van der Waals surface area contributed by atoms with Crippen molar-refractivity contribution in [1.82, 2.24) is 5.32 Å². The molecule has 110 valence electrons. The fourth-order valence-corrected chi connectivity index (χ4v) is 2.61. The van der Waals surface area contributed by atoms with Crippen LogP contribution in [-0.2, 0) is 0 Å². The van der Waals surface area contributed by atoms with E-state index >= 15 is 0 Å². The van der Waals surface area contributed by atoms with Crippen LogP contribution in [0.3, 0.4) is 0 Å². The maximum absolute atomic E-state index is 3.54. The van der Waals surface area contributed by atoms with Gasteiger partial charge in [-0.15, -0.1) is 0 Å². The normalized spacial score (nSPS) is 14.1. The molecule has 1 aliphatic rings. The van der Waals surface area contributed by atoms with E-state index < -0.39 is 0 Å². The molecule has 0 aromatic heterocycles. The third kappa shape index (κ3) is 9.95. The monoisotopic (exact) mass is 263 g/mol. The van der Waals surface area contributed by atoms with Crippen LogP contribution < -0.4 is 5.32 Å². The summed E-state index contributed by atoms with van der Waals surface area (Å²) < 4.78 is 0. The third-order valence-corrected chi connectivity index (χ3v) is 3.91. The molecule has 0 spiro atoms. The Hall–Kier alpha value is -0.560. The lowest BCUT2D eigenvalue weighted by Gasteiger charge is -2.05. The zero-order valence-corrected chi connectivity index (χ0v) is 12.9. The van der Waals surface area contributed by atoms with Gasteiger partial charge in [0.05, 0.1) is 0 Å². The third-order valence-electron chi connectivity index (χ3n) is 3.91. The lowest BCUT2D eigenvalue weighted by atomic mass is 10.1. The van der Waals surface area contributed by atoms with Crippen LogP contribution in [0.1, 0.15) is 77.6 Å². The molecule has 1 N–H and O–H groups in total. The second-order valence-corrected chi connectivity index (χ2v) is 5.82. The summed E-state index contributed by atoms with van der Waals surface area (Å²) in [6.07, 6.45) is 22.0. The lowest BCUT2D eigenvalue weighted by Crippen LogP contribution is -2.17. The quantitative estimate of drug-likeness (QED) is 0.440. The number of allylic oxidation sites excluding steroid dienone is 3. The van der Waals surface area contributed by atoms with Crippen molar-refractivity contribution in [2.24, 2.45) is 0 Å². The fraction of sp³-hybridized carbons (Fsp3) is 0.778. The van der Waals surface area contributed by atoms with Crippen molar-refractivity contribution in [2.45, 2.75) is 77.6 Å². The molecule has 0 unspecified atom stereocenters. The standard InChI is InChI=1S/C18H33N/c1-2-3-4-5-6-7-8-9-10-13-16-19-17-18-14-11-12-15-18/h11-12,14,19H,2-10,13,15-17H2,1H3. The zero-order valence-electron chi connectivity index (χ0n) is 12.9. The van der Waals surface area contributed by atoms with Crippen LogP contribution in [0.4, 0.5) is 0 Å². The maximum Gasteiger partial charge on any atom is 0.0170 e. The molecule has 19 heavy (non-hydrogen) atoms. The van der Waals surface area contributed by atoms with E-state index in [0.717, 1.165) is 13.0 Å². The lowest BCUT2D eigenvalue weighted by molar-refractivity contribution is 0.547. The minimum absolute atomic E-state index is 1.09. The first-order valence-electron chi connectivity index (χ1n) is 8.48. The molecule has 1 aliphatic carbocycles. The van der Waals surface area contributed by atoms with Crippen LogP contribution in [0, 0.1) is 0 Å². The summed E-state index contributed by atoms with van der Waals surface area (Å²) in [7, 11) is 0. The fourth-order valence-electron chi connectivity index (χ4n) is 2.61. The Labute approximate surface area is 120 Å². The second kappa shape index (κ2) is 12.5. The first-order chi connectivity index (χ1) is 9.43. The van der Waals surface area contributed by atoms with Crippen LogP contribution in [0.25, 0.3) is 0 Å². The van der Waals surface area contributed by atoms with Gasteiger partial charge >= 0.3 is 0 Å². The second-order valence-electron chi connectivity index (χ2n) is 5.82. The first-order valence-corrected chi connectivity index (χ1v) is 8.48. The molecule has 0 radical (unpaired) electrons. The molecule has 0 aromatic carbocycles. The Bertz CT molecular complexity index is 252. The highest BCUT2D eigenvalue weighted by molar-refractivity contribution is 5.23. The highest BCUT2D eigenvalue weighted by Gasteiger charge is 1.98. The Balaban J connectivity index is 1.69. The van der Waals surface area contributed by atoms with Gasteiger partial charge in [0.1, 0.15) is 0 Å². The van der Waals surface area contributed by atoms with Crippen molar-refractivity contribution in [3.8, 4) is 0 Å². The zero-order chi connectivity index (χ0) is 13.6. The highest BCUT2D eigenvalue weighted by atomic mass is 14.8. The molecule has 1 rings (SSSR count). The topological polar surface area (TPSA) is 12.0 Å². The van der Waals surface area contributed by atoms with Crippen LogP contribution >= 0.6 is 0 Å². The van der Waals surface area contributed by atoms with Gasteiger partial charge in [-0.3, -0.25) is 0 Å². The summed E-state index contributed by atoms with van der Waals surface area (Å²) in [5.41, 5.74) is 1.53. The van der Waals surface area contributed by atoms with Crippen molar-refractivity contribution in [3.05, 3.63) is 23.8 Å². The van der Waals surface area contributed by atoms with Gasteiger partial charge in [-0.1, -0.05) is 88.5 Å². The molecule has 0 aliphatic heterocycles. The van der Waals surface area contributed by atoms with Gasteiger partial charge in [-0.2, -0.15) is 0 Å². The van der Waals surface area contributed by atoms with Gasteiger partial charge in [0, 0.05) is 6.54 Å². The molecule has 0 saturated carbocycles. The van der Waals surface area contributed by atoms with E-state index in [0.29, 0.717) is 0 Å². The number of hydrogen-bond acceptors (Lipinski definition) is 1. The summed E-state index contributed by atoms with van der Waals surface area (Å²) in [6.45, 7) is 4.56. The van der Waals surface area contributed by atoms with Gasteiger partial charge in [0.2, 0.25) is 0 Å². The molecule has 0 heterocycles. The van der Waals surface area contributed by atoms with Crippen molar-refractivity contribution in [2.75, 3.05) is 13.1 Å². The van der Waals surface area contributed by atoms with E-state index in [1.54, 1.807) is 0 Å². The molecule has 0 amide bonds. The van der Waals surface area contributed by atoms with Gasteiger partial charge in [0.15, 0.2) is 0 Å². The molecule has 1 nitrogen and oxygen atoms in total. The van der Waals surface area contributed by atoms with E-state index in [4.69, 9.17) is 0 Å². The molecular weight excluding hydrogens is 230 g/mol. The Morgan fingerprint density at radius 2 is 1.53 bits per heavy atom. The molecule has 0 atom stereocenters. The summed E-state index contributed by atoms with van der Waals surface area (Å²) in [5, 5.41) is 3.54. The largest absolute Gasteiger partial charge is 0.313 e. The summed E-state index contributed by atoms with van der Waals surface area (Å²) in [4.78, 5) is 0. The average molecular weight is 263 g/mol. The first kappa shape index (κ1) is 16.5. The van der Waals surface area contributed by atoms with Crippen LogP contribution in [-0.4, -0.2) is 13.1 Å². The SMILES string of the molecule is CCCCCCCCCCCCNCC1=CC=CC1. The Kier molecular flexibility index (Phi) is 10.8. The molecule has 0 aromatic rings. The Morgan fingerprint density at radius 1 is 0.895 bits per heavy atom.